The molecule has 0 bridgehead atoms. The highest BCUT2D eigenvalue weighted by Gasteiger charge is 2.15. The van der Waals surface area contributed by atoms with Gasteiger partial charge in [-0.25, -0.2) is 0 Å². The van der Waals surface area contributed by atoms with Crippen LogP contribution in [0.3, 0.4) is 0 Å². The Hall–Kier alpha value is -0.240. The Kier molecular flexibility index (Phi) is 28.7. The third kappa shape index (κ3) is 21.5. The van der Waals surface area contributed by atoms with Crippen molar-refractivity contribution in [2.45, 2.75) is 107 Å². The topological polar surface area (TPSA) is 19.4 Å². The van der Waals surface area contributed by atoms with Crippen molar-refractivity contribution in [2.75, 3.05) is 118 Å². The Morgan fingerprint density at radius 3 is 0.375 bits per heavy atom. The minimum Gasteiger partial charge on any atom is -0.302 e. The maximum Gasteiger partial charge on any atom is 0.0110 e. The van der Waals surface area contributed by atoms with Crippen molar-refractivity contribution in [3.63, 3.8) is 0 Å². The largest absolute Gasteiger partial charge is 0.302 e. The lowest BCUT2D eigenvalue weighted by Gasteiger charge is -2.33. The molecule has 0 spiro atoms. The van der Waals surface area contributed by atoms with Gasteiger partial charge in [-0.05, 0) is 104 Å². The fraction of sp³-hybridized carbons (Fsp3) is 1.00. The lowest BCUT2D eigenvalue weighted by Crippen LogP contribution is -2.46. The lowest BCUT2D eigenvalue weighted by molar-refractivity contribution is 0.136. The maximum absolute atomic E-state index is 2.80. The van der Waals surface area contributed by atoms with E-state index >= 15 is 0 Å². The zero-order chi connectivity index (χ0) is 29.8. The number of nitrogens with zero attached hydrogens (tertiary/aromatic N) is 6. The maximum atomic E-state index is 2.80. The highest BCUT2D eigenvalue weighted by atomic mass is 15.3. The highest BCUT2D eigenvalue weighted by Crippen LogP contribution is 2.03. The Bertz CT molecular complexity index is 397. The quantitative estimate of drug-likeness (QED) is 0.100. The molecule has 0 fully saturated rings. The van der Waals surface area contributed by atoms with Crippen LogP contribution < -0.4 is 0 Å². The lowest BCUT2D eigenvalue weighted by atomic mass is 10.3. The van der Waals surface area contributed by atoms with Gasteiger partial charge in [-0.2, -0.15) is 0 Å². The van der Waals surface area contributed by atoms with Crippen molar-refractivity contribution in [1.82, 2.24) is 29.4 Å². The molecule has 40 heavy (non-hydrogen) atoms. The summed E-state index contributed by atoms with van der Waals surface area (Å²) in [4.78, 5) is 16.4. The van der Waals surface area contributed by atoms with Gasteiger partial charge in [-0.15, -0.1) is 0 Å². The summed E-state index contributed by atoms with van der Waals surface area (Å²) in [6.07, 6.45) is 10.1. The Labute approximate surface area is 253 Å². The van der Waals surface area contributed by atoms with Crippen LogP contribution in [-0.4, -0.2) is 147 Å². The van der Waals surface area contributed by atoms with Crippen LogP contribution in [0.15, 0.2) is 0 Å². The van der Waals surface area contributed by atoms with Gasteiger partial charge in [0.15, 0.2) is 0 Å². The highest BCUT2D eigenvalue weighted by molar-refractivity contribution is 4.72. The van der Waals surface area contributed by atoms with E-state index in [2.05, 4.69) is 84.8 Å². The van der Waals surface area contributed by atoms with Gasteiger partial charge in [0.05, 0.1) is 0 Å². The van der Waals surface area contributed by atoms with Crippen molar-refractivity contribution in [2.24, 2.45) is 0 Å². The van der Waals surface area contributed by atoms with Gasteiger partial charge in [-0.3, -0.25) is 9.80 Å². The van der Waals surface area contributed by atoms with Crippen LogP contribution in [-0.2, 0) is 0 Å². The third-order valence-corrected chi connectivity index (χ3v) is 7.98. The zero-order valence-corrected chi connectivity index (χ0v) is 29.1. The predicted octanol–water partition coefficient (Wildman–Crippen LogP) is 6.08. The molecule has 0 saturated heterocycles. The molecule has 242 valence electrons. The third-order valence-electron chi connectivity index (χ3n) is 7.98. The SMILES string of the molecule is CCCN(CCC)CCN(CCN(CCC)CCC)CCN(CCN(CCC)CCC)CCN(CCC)CCC. The Balaban J connectivity index is 5.43. The van der Waals surface area contributed by atoms with Gasteiger partial charge in [0, 0.05) is 65.4 Å². The molecule has 0 amide bonds. The minimum atomic E-state index is 1.20. The van der Waals surface area contributed by atoms with Gasteiger partial charge >= 0.3 is 0 Å². The average molecular weight is 569 g/mol. The monoisotopic (exact) mass is 569 g/mol. The second kappa shape index (κ2) is 28.9. The Morgan fingerprint density at radius 2 is 0.275 bits per heavy atom. The van der Waals surface area contributed by atoms with Crippen molar-refractivity contribution in [3.05, 3.63) is 0 Å². The standard InChI is InChI=1S/C34H76N6/c1-9-17-35(18-10-2)25-29-39(30-26-36(19-11-3)20-12-4)33-34-40(31-27-37(21-13-5)22-14-6)32-28-38(23-15-7)24-16-8/h9-34H2,1-8H3. The van der Waals surface area contributed by atoms with Gasteiger partial charge in [0.2, 0.25) is 0 Å². The molecular weight excluding hydrogens is 492 g/mol. The molecule has 0 rings (SSSR count). The number of rotatable bonds is 31. The van der Waals surface area contributed by atoms with Crippen LogP contribution in [0.5, 0.6) is 0 Å². The summed E-state index contributed by atoms with van der Waals surface area (Å²) in [5, 5.41) is 0. The van der Waals surface area contributed by atoms with Crippen molar-refractivity contribution >= 4 is 0 Å². The minimum absolute atomic E-state index is 1.20. The molecule has 0 aliphatic rings. The van der Waals surface area contributed by atoms with E-state index in [0.29, 0.717) is 0 Å². The van der Waals surface area contributed by atoms with Gasteiger partial charge < -0.3 is 19.6 Å². The molecule has 0 radical (unpaired) electrons. The van der Waals surface area contributed by atoms with E-state index in [-0.39, 0.29) is 0 Å². The molecule has 0 aliphatic heterocycles. The molecule has 0 saturated carbocycles. The first-order valence-corrected chi connectivity index (χ1v) is 17.8. The molecule has 6 heteroatoms. The fourth-order valence-electron chi connectivity index (χ4n) is 5.96. The number of hydrogen-bond acceptors (Lipinski definition) is 6. The molecule has 0 unspecified atom stereocenters. The van der Waals surface area contributed by atoms with E-state index in [1.807, 2.05) is 0 Å². The summed E-state index contributed by atoms with van der Waals surface area (Å²) in [5.74, 6) is 0. The first-order valence-electron chi connectivity index (χ1n) is 17.8. The second-order valence-corrected chi connectivity index (χ2v) is 12.0. The molecule has 0 atom stereocenters. The first-order chi connectivity index (χ1) is 19.5. The summed E-state index contributed by atoms with van der Waals surface area (Å²) in [7, 11) is 0. The summed E-state index contributed by atoms with van der Waals surface area (Å²) < 4.78 is 0. The summed E-state index contributed by atoms with van der Waals surface area (Å²) in [6.45, 7) is 40.6. The fourth-order valence-corrected chi connectivity index (χ4v) is 5.96. The van der Waals surface area contributed by atoms with Crippen LogP contribution in [0, 0.1) is 0 Å². The molecule has 0 aliphatic carbocycles. The van der Waals surface area contributed by atoms with Gasteiger partial charge in [-0.1, -0.05) is 55.4 Å². The molecule has 0 aromatic rings. The van der Waals surface area contributed by atoms with Gasteiger partial charge in [0.25, 0.3) is 0 Å². The normalized spacial score (nSPS) is 12.4. The first kappa shape index (κ1) is 39.8. The summed E-state index contributed by atoms with van der Waals surface area (Å²) in [5.41, 5.74) is 0. The molecule has 0 heterocycles. The van der Waals surface area contributed by atoms with E-state index < -0.39 is 0 Å². The predicted molar refractivity (Wildman–Crippen MR) is 181 cm³/mol. The van der Waals surface area contributed by atoms with Crippen molar-refractivity contribution < 1.29 is 0 Å². The van der Waals surface area contributed by atoms with Gasteiger partial charge in [0.1, 0.15) is 0 Å². The van der Waals surface area contributed by atoms with Crippen molar-refractivity contribution in [1.29, 1.82) is 0 Å². The molecular formula is C34H76N6. The van der Waals surface area contributed by atoms with E-state index in [9.17, 15) is 0 Å². The van der Waals surface area contributed by atoms with Crippen LogP contribution in [0.25, 0.3) is 0 Å². The van der Waals surface area contributed by atoms with E-state index in [1.54, 1.807) is 0 Å². The van der Waals surface area contributed by atoms with Crippen LogP contribution in [0.4, 0.5) is 0 Å². The Morgan fingerprint density at radius 1 is 0.175 bits per heavy atom. The zero-order valence-electron chi connectivity index (χ0n) is 29.1. The number of hydrogen-bond donors (Lipinski definition) is 0. The van der Waals surface area contributed by atoms with Crippen molar-refractivity contribution in [3.8, 4) is 0 Å². The summed E-state index contributed by atoms with van der Waals surface area (Å²) >= 11 is 0. The smallest absolute Gasteiger partial charge is 0.0110 e. The van der Waals surface area contributed by atoms with E-state index in [1.165, 1.54) is 169 Å². The molecule has 0 aromatic heterocycles. The molecule has 0 N–H and O–H groups in total. The molecule has 6 nitrogen and oxygen atoms in total. The molecule has 0 aromatic carbocycles. The summed E-state index contributed by atoms with van der Waals surface area (Å²) in [6, 6.07) is 0. The second-order valence-electron chi connectivity index (χ2n) is 12.0. The van der Waals surface area contributed by atoms with Crippen LogP contribution in [0.1, 0.15) is 107 Å². The van der Waals surface area contributed by atoms with E-state index in [4.69, 9.17) is 0 Å². The average Bonchev–Trinajstić information content (AvgIpc) is 2.94. The van der Waals surface area contributed by atoms with Crippen LogP contribution >= 0.6 is 0 Å². The van der Waals surface area contributed by atoms with E-state index in [0.717, 1.165) is 0 Å². The van der Waals surface area contributed by atoms with Crippen LogP contribution in [0.2, 0.25) is 0 Å².